The van der Waals surface area contributed by atoms with E-state index in [1.54, 1.807) is 23.1 Å². The molecule has 2 aromatic rings. The zero-order valence-corrected chi connectivity index (χ0v) is 16.0. The summed E-state index contributed by atoms with van der Waals surface area (Å²) < 4.78 is 23.1. The molecule has 2 aromatic carbocycles. The molecule has 27 heavy (non-hydrogen) atoms. The molecule has 2 N–H and O–H groups in total. The van der Waals surface area contributed by atoms with Crippen molar-refractivity contribution in [3.05, 3.63) is 64.7 Å². The fourth-order valence-electron chi connectivity index (χ4n) is 3.19. The van der Waals surface area contributed by atoms with Gasteiger partial charge in [-0.3, -0.25) is 9.59 Å². The summed E-state index contributed by atoms with van der Waals surface area (Å²) in [5, 5.41) is 5.18. The van der Waals surface area contributed by atoms with E-state index in [0.717, 1.165) is 16.7 Å². The quantitative estimate of drug-likeness (QED) is 0.797. The van der Waals surface area contributed by atoms with E-state index >= 15 is 0 Å². The van der Waals surface area contributed by atoms with E-state index in [4.69, 9.17) is 5.14 Å². The molecule has 0 radical (unpaired) electrons. The van der Waals surface area contributed by atoms with Gasteiger partial charge in [0.15, 0.2) is 5.78 Å². The van der Waals surface area contributed by atoms with Gasteiger partial charge in [0.05, 0.1) is 4.90 Å². The lowest BCUT2D eigenvalue weighted by atomic mass is 9.99. The molecule has 1 aliphatic rings. The van der Waals surface area contributed by atoms with Crippen molar-refractivity contribution in [2.75, 3.05) is 6.54 Å². The van der Waals surface area contributed by atoms with Gasteiger partial charge in [-0.15, -0.1) is 0 Å². The summed E-state index contributed by atoms with van der Waals surface area (Å²) in [6.45, 7) is 2.84. The average molecular weight is 386 g/mol. The number of ketones is 1. The number of aryl methyl sites for hydroxylation is 1. The van der Waals surface area contributed by atoms with Crippen molar-refractivity contribution in [2.45, 2.75) is 37.6 Å². The molecule has 142 valence electrons. The second-order valence-corrected chi connectivity index (χ2v) is 8.39. The molecule has 0 atom stereocenters. The predicted octanol–water partition coefficient (Wildman–Crippen LogP) is 2.19. The number of carbonyl (C=O) groups is 2. The highest BCUT2D eigenvalue weighted by Crippen LogP contribution is 2.23. The van der Waals surface area contributed by atoms with Crippen LogP contribution < -0.4 is 5.14 Å². The molecular formula is C20H22N2O4S. The van der Waals surface area contributed by atoms with Gasteiger partial charge in [0.2, 0.25) is 15.9 Å². The molecular weight excluding hydrogens is 364 g/mol. The maximum Gasteiger partial charge on any atom is 0.238 e. The smallest absolute Gasteiger partial charge is 0.238 e. The van der Waals surface area contributed by atoms with Crippen molar-refractivity contribution in [3.63, 3.8) is 0 Å². The van der Waals surface area contributed by atoms with Crippen LogP contribution in [-0.2, 0) is 27.8 Å². The summed E-state index contributed by atoms with van der Waals surface area (Å²) in [6, 6.07) is 12.1. The van der Waals surface area contributed by atoms with Crippen LogP contribution in [-0.4, -0.2) is 31.6 Å². The molecule has 0 aromatic heterocycles. The van der Waals surface area contributed by atoms with Gasteiger partial charge < -0.3 is 4.90 Å². The molecule has 0 saturated heterocycles. The minimum atomic E-state index is -3.78. The third-order valence-electron chi connectivity index (χ3n) is 4.81. The lowest BCUT2D eigenvalue weighted by molar-refractivity contribution is -0.132. The first-order valence-electron chi connectivity index (χ1n) is 8.76. The van der Waals surface area contributed by atoms with Gasteiger partial charge in [0.1, 0.15) is 0 Å². The molecule has 1 amide bonds. The van der Waals surface area contributed by atoms with E-state index in [-0.39, 0.29) is 29.4 Å². The Balaban J connectivity index is 1.63. The molecule has 6 nitrogen and oxygen atoms in total. The Morgan fingerprint density at radius 1 is 1.04 bits per heavy atom. The van der Waals surface area contributed by atoms with Crippen LogP contribution in [0.3, 0.4) is 0 Å². The monoisotopic (exact) mass is 386 g/mol. The maximum absolute atomic E-state index is 12.5. The largest absolute Gasteiger partial charge is 0.338 e. The van der Waals surface area contributed by atoms with Gasteiger partial charge >= 0.3 is 0 Å². The van der Waals surface area contributed by atoms with Crippen LogP contribution in [0.25, 0.3) is 0 Å². The molecule has 1 heterocycles. The van der Waals surface area contributed by atoms with Gasteiger partial charge in [0, 0.05) is 31.5 Å². The first-order chi connectivity index (χ1) is 12.7. The number of hydrogen-bond acceptors (Lipinski definition) is 4. The normalized spacial score (nSPS) is 13.9. The summed E-state index contributed by atoms with van der Waals surface area (Å²) in [6.07, 6.45) is 0.942. The SMILES string of the molecule is Cc1ccc(C(=O)CCC(=O)N2CCc3ccc(S(N)(=O)=O)cc3C2)cc1. The summed E-state index contributed by atoms with van der Waals surface area (Å²) >= 11 is 0. The van der Waals surface area contributed by atoms with Crippen LogP contribution in [0, 0.1) is 6.92 Å². The Morgan fingerprint density at radius 3 is 2.41 bits per heavy atom. The lowest BCUT2D eigenvalue weighted by Crippen LogP contribution is -2.36. The molecule has 0 unspecified atom stereocenters. The van der Waals surface area contributed by atoms with E-state index < -0.39 is 10.0 Å². The first kappa shape index (κ1) is 19.3. The molecule has 7 heteroatoms. The standard InChI is InChI=1S/C20H22N2O4S/c1-14-2-4-16(5-3-14)19(23)8-9-20(24)22-11-10-15-6-7-18(27(21,25)26)12-17(15)13-22/h2-7,12H,8-11,13H2,1H3,(H2,21,25,26). The third kappa shape index (κ3) is 4.61. The number of sulfonamides is 1. The van der Waals surface area contributed by atoms with Gasteiger partial charge in [-0.25, -0.2) is 13.6 Å². The van der Waals surface area contributed by atoms with Crippen molar-refractivity contribution in [1.82, 2.24) is 4.90 Å². The van der Waals surface area contributed by atoms with E-state index in [1.807, 2.05) is 19.1 Å². The molecule has 0 aliphatic carbocycles. The molecule has 0 fully saturated rings. The van der Waals surface area contributed by atoms with Crippen LogP contribution in [0.4, 0.5) is 0 Å². The van der Waals surface area contributed by atoms with Gasteiger partial charge in [-0.05, 0) is 36.6 Å². The number of fused-ring (bicyclic) bond motifs is 1. The Morgan fingerprint density at radius 2 is 1.74 bits per heavy atom. The zero-order valence-electron chi connectivity index (χ0n) is 15.1. The van der Waals surface area contributed by atoms with Crippen molar-refractivity contribution in [2.24, 2.45) is 5.14 Å². The Kier molecular flexibility index (Phi) is 5.43. The Hall–Kier alpha value is -2.51. The molecule has 0 bridgehead atoms. The number of Topliss-reactive ketones (excluding diaryl/α,β-unsaturated/α-hetero) is 1. The molecule has 0 spiro atoms. The molecule has 3 rings (SSSR count). The number of primary sulfonamides is 1. The minimum Gasteiger partial charge on any atom is -0.338 e. The number of carbonyl (C=O) groups excluding carboxylic acids is 2. The summed E-state index contributed by atoms with van der Waals surface area (Å²) in [7, 11) is -3.78. The first-order valence-corrected chi connectivity index (χ1v) is 10.3. The van der Waals surface area contributed by atoms with Gasteiger partial charge in [-0.1, -0.05) is 35.9 Å². The highest BCUT2D eigenvalue weighted by Gasteiger charge is 2.22. The number of amides is 1. The van der Waals surface area contributed by atoms with E-state index in [2.05, 4.69) is 0 Å². The van der Waals surface area contributed by atoms with Crippen molar-refractivity contribution >= 4 is 21.7 Å². The minimum absolute atomic E-state index is 0.0464. The van der Waals surface area contributed by atoms with Gasteiger partial charge in [0.25, 0.3) is 0 Å². The van der Waals surface area contributed by atoms with Gasteiger partial charge in [-0.2, -0.15) is 0 Å². The number of nitrogens with zero attached hydrogens (tertiary/aromatic N) is 1. The lowest BCUT2D eigenvalue weighted by Gasteiger charge is -2.29. The topological polar surface area (TPSA) is 97.5 Å². The highest BCUT2D eigenvalue weighted by atomic mass is 32.2. The van der Waals surface area contributed by atoms with Crippen LogP contribution in [0.15, 0.2) is 47.4 Å². The molecule has 0 saturated carbocycles. The fourth-order valence-corrected chi connectivity index (χ4v) is 3.75. The summed E-state index contributed by atoms with van der Waals surface area (Å²) in [4.78, 5) is 26.5. The van der Waals surface area contributed by atoms with Crippen LogP contribution in [0.5, 0.6) is 0 Å². The highest BCUT2D eigenvalue weighted by molar-refractivity contribution is 7.89. The zero-order chi connectivity index (χ0) is 19.6. The second kappa shape index (κ2) is 7.62. The van der Waals surface area contributed by atoms with Crippen LogP contribution in [0.1, 0.15) is 39.9 Å². The number of nitrogens with two attached hydrogens (primary N) is 1. The summed E-state index contributed by atoms with van der Waals surface area (Å²) in [5.41, 5.74) is 3.48. The Bertz CT molecular complexity index is 982. The molecule has 1 aliphatic heterocycles. The van der Waals surface area contributed by atoms with Crippen LogP contribution >= 0.6 is 0 Å². The number of benzene rings is 2. The van der Waals surface area contributed by atoms with Crippen molar-refractivity contribution in [1.29, 1.82) is 0 Å². The third-order valence-corrected chi connectivity index (χ3v) is 5.72. The predicted molar refractivity (Wildman–Crippen MR) is 102 cm³/mol. The number of hydrogen-bond donors (Lipinski definition) is 1. The number of rotatable bonds is 5. The Labute approximate surface area is 159 Å². The maximum atomic E-state index is 12.5. The van der Waals surface area contributed by atoms with Crippen LogP contribution in [0.2, 0.25) is 0 Å². The second-order valence-electron chi connectivity index (χ2n) is 6.83. The fraction of sp³-hybridized carbons (Fsp3) is 0.300. The van der Waals surface area contributed by atoms with E-state index in [0.29, 0.717) is 25.1 Å². The average Bonchev–Trinajstić information content (AvgIpc) is 2.64. The summed E-state index contributed by atoms with van der Waals surface area (Å²) in [5.74, 6) is -0.167. The van der Waals surface area contributed by atoms with Crippen molar-refractivity contribution < 1.29 is 18.0 Å². The van der Waals surface area contributed by atoms with E-state index in [1.165, 1.54) is 12.1 Å². The van der Waals surface area contributed by atoms with E-state index in [9.17, 15) is 18.0 Å². The van der Waals surface area contributed by atoms with Crippen molar-refractivity contribution in [3.8, 4) is 0 Å².